The lowest BCUT2D eigenvalue weighted by atomic mass is 10.1. The van der Waals surface area contributed by atoms with Gasteiger partial charge in [-0.15, -0.1) is 0 Å². The Balaban J connectivity index is -0.000000174. The van der Waals surface area contributed by atoms with E-state index in [9.17, 15) is 19.5 Å². The predicted molar refractivity (Wildman–Crippen MR) is 123 cm³/mol. The summed E-state index contributed by atoms with van der Waals surface area (Å²) in [7, 11) is 6.16. The molecule has 0 bridgehead atoms. The molecule has 0 aromatic heterocycles. The molecule has 0 rings (SSSR count). The molecular weight excluding hydrogens is 422 g/mol. The Morgan fingerprint density at radius 3 is 1.66 bits per heavy atom. The van der Waals surface area contributed by atoms with E-state index in [1.54, 1.807) is 0 Å². The van der Waals surface area contributed by atoms with Crippen molar-refractivity contribution in [3.05, 3.63) is 0 Å². The molecule has 0 saturated heterocycles. The Morgan fingerprint density at radius 1 is 1.03 bits per heavy atom. The van der Waals surface area contributed by atoms with Crippen molar-refractivity contribution in [3.8, 4) is 0 Å². The highest BCUT2D eigenvalue weighted by Gasteiger charge is 2.09. The number of guanidine groups is 1. The molecule has 0 fully saturated rings. The van der Waals surface area contributed by atoms with Crippen molar-refractivity contribution in [2.45, 2.75) is 52.1 Å². The summed E-state index contributed by atoms with van der Waals surface area (Å²) in [6, 6.07) is -1.62. The van der Waals surface area contributed by atoms with E-state index in [1.807, 2.05) is 13.8 Å². The van der Waals surface area contributed by atoms with Crippen molar-refractivity contribution < 1.29 is 34.2 Å². The second kappa shape index (κ2) is 21.7. The number of hydrogen-bond donors (Lipinski definition) is 7. The third-order valence-electron chi connectivity index (χ3n) is 3.08. The van der Waals surface area contributed by atoms with Gasteiger partial charge in [-0.25, -0.2) is 0 Å². The number of primary amides is 1. The fraction of sp³-hybridized carbons (Fsp3) is 0.789. The van der Waals surface area contributed by atoms with Gasteiger partial charge in [0.2, 0.25) is 5.91 Å². The van der Waals surface area contributed by atoms with Gasteiger partial charge in [0.15, 0.2) is 5.96 Å². The molecule has 0 unspecified atom stereocenters. The second-order valence-electron chi connectivity index (χ2n) is 8.30. The van der Waals surface area contributed by atoms with Crippen LogP contribution in [-0.2, 0) is 14.4 Å². The van der Waals surface area contributed by atoms with E-state index in [2.05, 4.69) is 31.9 Å². The van der Waals surface area contributed by atoms with E-state index >= 15 is 0 Å². The number of rotatable bonds is 10. The number of aliphatic carboxylic acids is 2. The molecule has 0 spiro atoms. The summed E-state index contributed by atoms with van der Waals surface area (Å²) < 4.78 is 0.844. The van der Waals surface area contributed by atoms with Crippen LogP contribution in [0.5, 0.6) is 0 Å². The summed E-state index contributed by atoms with van der Waals surface area (Å²) in [4.78, 5) is 33.1. The van der Waals surface area contributed by atoms with Crippen LogP contribution in [0.2, 0.25) is 0 Å². The molecule has 0 aliphatic carbocycles. The number of likely N-dealkylation sites (N-methyl/N-ethyl adjacent to an activating group) is 1. The first-order valence-corrected chi connectivity index (χ1v) is 10.0. The SMILES string of the molecule is CC(C)C[C@H](N)C(=O)[O-].CC(N)=O.C[N+](C)(C)CCO.NC(N)=NCCC[C@H](N)C(=O)O. The molecular formula is C19H45N7O6. The second-order valence-corrected chi connectivity index (χ2v) is 8.30. The molecule has 1 amide bonds. The van der Waals surface area contributed by atoms with Crippen LogP contribution in [0.3, 0.4) is 0 Å². The number of carboxylic acid groups (broad SMARTS) is 2. The number of amides is 1. The highest BCUT2D eigenvalue weighted by atomic mass is 16.4. The van der Waals surface area contributed by atoms with Crippen LogP contribution in [0.1, 0.15) is 40.0 Å². The summed E-state index contributed by atoms with van der Waals surface area (Å²) in [6.07, 6.45) is 1.44. The fourth-order valence-corrected chi connectivity index (χ4v) is 1.55. The van der Waals surface area contributed by atoms with Crippen LogP contribution in [-0.4, -0.2) is 91.4 Å². The van der Waals surface area contributed by atoms with Crippen LogP contribution < -0.4 is 33.8 Å². The Labute approximate surface area is 191 Å². The fourth-order valence-electron chi connectivity index (χ4n) is 1.55. The lowest BCUT2D eigenvalue weighted by molar-refractivity contribution is -0.870. The molecule has 0 saturated carbocycles. The van der Waals surface area contributed by atoms with Gasteiger partial charge in [0.1, 0.15) is 12.6 Å². The molecule has 0 aliphatic heterocycles. The first kappa shape index (κ1) is 36.9. The van der Waals surface area contributed by atoms with Gasteiger partial charge < -0.3 is 53.3 Å². The van der Waals surface area contributed by atoms with E-state index in [0.29, 0.717) is 31.7 Å². The number of aliphatic imine (C=N–C) groups is 1. The Hall–Kier alpha value is -2.48. The van der Waals surface area contributed by atoms with Crippen LogP contribution >= 0.6 is 0 Å². The maximum Gasteiger partial charge on any atom is 0.320 e. The first-order valence-electron chi connectivity index (χ1n) is 10.0. The number of hydrogen-bond acceptors (Lipinski definition) is 8. The first-order chi connectivity index (χ1) is 14.4. The zero-order valence-corrected chi connectivity index (χ0v) is 20.3. The van der Waals surface area contributed by atoms with Crippen LogP contribution in [0, 0.1) is 5.92 Å². The van der Waals surface area contributed by atoms with Gasteiger partial charge in [-0.1, -0.05) is 13.8 Å². The van der Waals surface area contributed by atoms with E-state index in [-0.39, 0.29) is 18.5 Å². The number of carbonyl (C=O) groups is 3. The Morgan fingerprint density at radius 2 is 1.47 bits per heavy atom. The maximum atomic E-state index is 10.2. The zero-order valence-electron chi connectivity index (χ0n) is 20.3. The number of carbonyl (C=O) groups excluding carboxylic acids is 2. The summed E-state index contributed by atoms with van der Waals surface area (Å²) in [5, 5.41) is 26.8. The van der Waals surface area contributed by atoms with E-state index in [4.69, 9.17) is 33.1 Å². The monoisotopic (exact) mass is 467 g/mol. The molecule has 192 valence electrons. The molecule has 12 N–H and O–H groups in total. The normalized spacial score (nSPS) is 11.8. The van der Waals surface area contributed by atoms with Crippen molar-refractivity contribution >= 4 is 23.8 Å². The maximum absolute atomic E-state index is 10.2. The van der Waals surface area contributed by atoms with Gasteiger partial charge in [-0.2, -0.15) is 0 Å². The van der Waals surface area contributed by atoms with Gasteiger partial charge in [-0.05, 0) is 25.2 Å². The van der Waals surface area contributed by atoms with E-state index in [0.717, 1.165) is 11.0 Å². The minimum atomic E-state index is -1.16. The standard InChI is InChI=1S/C6H14N4O2.C6H13NO2.C5H14NO.C2H5NO/c7-4(5(11)12)2-1-3-10-6(8)9;1-4(2)3-5(7)6(8)9;1-6(2,3)4-5-7;1-2(3)4/h4H,1-3,7H2,(H,11,12)(H4,8,9,10);4-5H,3,7H2,1-2H3,(H,8,9);7H,4-5H2,1-3H3;1H3,(H2,3,4)/q;;+1;/p-1/t4-;5-;;/m00../s1. The largest absolute Gasteiger partial charge is 0.548 e. The van der Waals surface area contributed by atoms with Crippen LogP contribution in [0.4, 0.5) is 0 Å². The van der Waals surface area contributed by atoms with Crippen LogP contribution in [0.15, 0.2) is 4.99 Å². The minimum absolute atomic E-state index is 0.0129. The third kappa shape index (κ3) is 46.0. The van der Waals surface area contributed by atoms with Gasteiger partial charge >= 0.3 is 5.97 Å². The molecule has 13 heteroatoms. The highest BCUT2D eigenvalue weighted by molar-refractivity contribution is 5.75. The Kier molecular flexibility index (Phi) is 25.0. The summed E-state index contributed by atoms with van der Waals surface area (Å²) in [5.41, 5.74) is 24.9. The van der Waals surface area contributed by atoms with Crippen LogP contribution in [0.25, 0.3) is 0 Å². The quantitative estimate of drug-likeness (QED) is 0.0729. The molecule has 32 heavy (non-hydrogen) atoms. The van der Waals surface area contributed by atoms with Crippen molar-refractivity contribution in [1.29, 1.82) is 0 Å². The molecule has 2 atom stereocenters. The van der Waals surface area contributed by atoms with E-state index < -0.39 is 24.0 Å². The van der Waals surface area contributed by atoms with Gasteiger partial charge in [0.05, 0.1) is 33.7 Å². The van der Waals surface area contributed by atoms with Crippen molar-refractivity contribution in [1.82, 2.24) is 0 Å². The average molecular weight is 468 g/mol. The molecule has 0 aromatic rings. The molecule has 0 aromatic carbocycles. The molecule has 0 heterocycles. The molecule has 13 nitrogen and oxygen atoms in total. The molecule has 0 radical (unpaired) electrons. The minimum Gasteiger partial charge on any atom is -0.548 e. The van der Waals surface area contributed by atoms with Crippen molar-refractivity contribution in [3.63, 3.8) is 0 Å². The highest BCUT2D eigenvalue weighted by Crippen LogP contribution is 2.00. The zero-order chi connectivity index (χ0) is 26.5. The summed E-state index contributed by atoms with van der Waals surface area (Å²) in [5.74, 6) is -2.17. The lowest BCUT2D eigenvalue weighted by Gasteiger charge is -2.21. The number of quaternary nitrogens is 1. The van der Waals surface area contributed by atoms with E-state index in [1.165, 1.54) is 6.92 Å². The lowest BCUT2D eigenvalue weighted by Crippen LogP contribution is -2.42. The predicted octanol–water partition coefficient (Wildman–Crippen LogP) is -3.26. The number of nitrogens with two attached hydrogens (primary N) is 5. The number of carboxylic acids is 2. The third-order valence-corrected chi connectivity index (χ3v) is 3.08. The topological polar surface area (TPSA) is 257 Å². The van der Waals surface area contributed by atoms with Gasteiger partial charge in [0, 0.05) is 19.5 Å². The average Bonchev–Trinajstić information content (AvgIpc) is 2.57. The Bertz CT molecular complexity index is 529. The smallest absolute Gasteiger partial charge is 0.320 e. The number of aliphatic hydroxyl groups is 1. The number of nitrogens with zero attached hydrogens (tertiary/aromatic N) is 2. The van der Waals surface area contributed by atoms with Gasteiger partial charge in [0.25, 0.3) is 0 Å². The van der Waals surface area contributed by atoms with Gasteiger partial charge in [-0.3, -0.25) is 14.6 Å². The molecule has 0 aliphatic rings. The van der Waals surface area contributed by atoms with Crippen molar-refractivity contribution in [2.24, 2.45) is 39.6 Å². The van der Waals surface area contributed by atoms with Crippen molar-refractivity contribution in [2.75, 3.05) is 40.8 Å². The number of aliphatic hydroxyl groups excluding tert-OH is 1. The summed E-state index contributed by atoms with van der Waals surface area (Å²) >= 11 is 0. The summed E-state index contributed by atoms with van der Waals surface area (Å²) in [6.45, 7) is 6.68.